The summed E-state index contributed by atoms with van der Waals surface area (Å²) in [7, 11) is 0. The number of nitrogens with zero attached hydrogens (tertiary/aromatic N) is 1. The van der Waals surface area contributed by atoms with E-state index in [2.05, 4.69) is 24.8 Å². The molecule has 0 radical (unpaired) electrons. The summed E-state index contributed by atoms with van der Waals surface area (Å²) < 4.78 is 0. The highest BCUT2D eigenvalue weighted by atomic mass is 32.1. The lowest BCUT2D eigenvalue weighted by molar-refractivity contribution is -0.121. The highest BCUT2D eigenvalue weighted by Crippen LogP contribution is 2.38. The third-order valence-corrected chi connectivity index (χ3v) is 5.96. The van der Waals surface area contributed by atoms with Crippen LogP contribution in [-0.2, 0) is 4.79 Å². The maximum atomic E-state index is 13.6. The van der Waals surface area contributed by atoms with Crippen molar-refractivity contribution in [2.45, 2.75) is 47.0 Å². The summed E-state index contributed by atoms with van der Waals surface area (Å²) in [5.41, 5.74) is 2.17. The van der Waals surface area contributed by atoms with Crippen LogP contribution >= 0.6 is 11.3 Å². The zero-order chi connectivity index (χ0) is 21.9. The summed E-state index contributed by atoms with van der Waals surface area (Å²) in [6.45, 7) is 8.10. The number of carboxylic acids is 1. The normalized spacial score (nSPS) is 16.3. The van der Waals surface area contributed by atoms with Gasteiger partial charge in [0.05, 0.1) is 10.6 Å². The Balaban J connectivity index is 2.09. The Kier molecular flexibility index (Phi) is 6.48. The van der Waals surface area contributed by atoms with E-state index in [9.17, 15) is 14.7 Å². The molecule has 1 aromatic heterocycles. The fourth-order valence-electron chi connectivity index (χ4n) is 3.35. The van der Waals surface area contributed by atoms with Crippen molar-refractivity contribution in [2.24, 2.45) is 11.3 Å². The van der Waals surface area contributed by atoms with Crippen molar-refractivity contribution in [3.05, 3.63) is 57.8 Å². The van der Waals surface area contributed by atoms with Gasteiger partial charge in [-0.05, 0) is 65.2 Å². The lowest BCUT2D eigenvalue weighted by Gasteiger charge is -2.28. The molecule has 0 bridgehead atoms. The number of benzene rings is 1. The fraction of sp³-hybridized carbons (Fsp3) is 0.360. The maximum Gasteiger partial charge on any atom is 0.348 e. The van der Waals surface area contributed by atoms with Crippen LogP contribution in [0.4, 0.5) is 11.4 Å². The van der Waals surface area contributed by atoms with Crippen molar-refractivity contribution in [1.29, 1.82) is 0 Å². The van der Waals surface area contributed by atoms with E-state index in [1.54, 1.807) is 11.0 Å². The molecule has 0 saturated heterocycles. The van der Waals surface area contributed by atoms with E-state index in [-0.39, 0.29) is 22.1 Å². The van der Waals surface area contributed by atoms with Crippen molar-refractivity contribution in [2.75, 3.05) is 4.90 Å². The highest BCUT2D eigenvalue weighted by Gasteiger charge is 2.31. The molecule has 4 nitrogen and oxygen atoms in total. The van der Waals surface area contributed by atoms with Crippen LogP contribution in [0.1, 0.15) is 61.5 Å². The maximum absolute atomic E-state index is 13.6. The monoisotopic (exact) mass is 421 g/mol. The summed E-state index contributed by atoms with van der Waals surface area (Å²) in [5.74, 6) is 4.95. The average Bonchev–Trinajstić information content (AvgIpc) is 3.12. The van der Waals surface area contributed by atoms with Gasteiger partial charge in [0.15, 0.2) is 0 Å². The standard InChI is InChI=1S/C25H27NO3S/c1-17-10-12-18(13-11-17)23(27)26(19-8-6-5-7-9-19)21-16-20(14-15-25(2,3)4)30-22(21)24(28)29/h5-10,16,18H,11-13H2,1-4H3,(H,28,29). The molecule has 1 heterocycles. The van der Waals surface area contributed by atoms with Gasteiger partial charge in [-0.25, -0.2) is 4.79 Å². The van der Waals surface area contributed by atoms with E-state index in [1.807, 2.05) is 51.1 Å². The lowest BCUT2D eigenvalue weighted by Crippen LogP contribution is -2.33. The van der Waals surface area contributed by atoms with Crippen molar-refractivity contribution >= 4 is 34.6 Å². The Morgan fingerprint density at radius 1 is 1.20 bits per heavy atom. The van der Waals surface area contributed by atoms with Gasteiger partial charge in [0.25, 0.3) is 0 Å². The number of hydrogen-bond donors (Lipinski definition) is 1. The first-order valence-corrected chi connectivity index (χ1v) is 10.9. The van der Waals surface area contributed by atoms with Gasteiger partial charge in [0.1, 0.15) is 4.88 Å². The first-order valence-electron chi connectivity index (χ1n) is 10.1. The zero-order valence-electron chi connectivity index (χ0n) is 17.9. The average molecular weight is 422 g/mol. The van der Waals surface area contributed by atoms with E-state index in [0.29, 0.717) is 22.7 Å². The first-order chi connectivity index (χ1) is 14.2. The molecule has 1 amide bonds. The second-order valence-electron chi connectivity index (χ2n) is 8.66. The molecule has 1 aliphatic rings. The smallest absolute Gasteiger partial charge is 0.348 e. The number of para-hydroxylation sites is 1. The van der Waals surface area contributed by atoms with E-state index >= 15 is 0 Å². The summed E-state index contributed by atoms with van der Waals surface area (Å²) >= 11 is 1.12. The van der Waals surface area contributed by atoms with E-state index in [4.69, 9.17) is 0 Å². The van der Waals surface area contributed by atoms with Crippen LogP contribution < -0.4 is 4.90 Å². The van der Waals surface area contributed by atoms with E-state index in [1.165, 1.54) is 5.57 Å². The van der Waals surface area contributed by atoms with Gasteiger partial charge in [0, 0.05) is 17.0 Å². The second kappa shape index (κ2) is 8.89. The summed E-state index contributed by atoms with van der Waals surface area (Å²) in [4.78, 5) is 28.0. The molecule has 0 saturated carbocycles. The number of allylic oxidation sites excluding steroid dienone is 2. The molecule has 2 aromatic rings. The number of amides is 1. The second-order valence-corrected chi connectivity index (χ2v) is 9.71. The molecule has 1 N–H and O–H groups in total. The molecule has 0 aliphatic heterocycles. The molecule has 0 spiro atoms. The number of hydrogen-bond acceptors (Lipinski definition) is 3. The van der Waals surface area contributed by atoms with Crippen LogP contribution in [-0.4, -0.2) is 17.0 Å². The van der Waals surface area contributed by atoms with Gasteiger partial charge >= 0.3 is 5.97 Å². The minimum absolute atomic E-state index is 0.0689. The summed E-state index contributed by atoms with van der Waals surface area (Å²) in [5, 5.41) is 9.84. The van der Waals surface area contributed by atoms with E-state index < -0.39 is 5.97 Å². The number of carbonyl (C=O) groups is 2. The summed E-state index contributed by atoms with van der Waals surface area (Å²) in [6, 6.07) is 11.0. The summed E-state index contributed by atoms with van der Waals surface area (Å²) in [6.07, 6.45) is 4.45. The van der Waals surface area contributed by atoms with Crippen molar-refractivity contribution in [3.63, 3.8) is 0 Å². The predicted octanol–water partition coefficient (Wildman–Crippen LogP) is 6.26. The number of aromatic carboxylic acids is 1. The minimum Gasteiger partial charge on any atom is -0.477 e. The van der Waals surface area contributed by atoms with Crippen LogP contribution in [0, 0.1) is 23.2 Å². The number of carboxylic acid groups (broad SMARTS) is 1. The van der Waals surface area contributed by atoms with Crippen LogP contribution in [0.25, 0.3) is 0 Å². The third-order valence-electron chi connectivity index (χ3n) is 4.93. The van der Waals surface area contributed by atoms with Gasteiger partial charge in [-0.15, -0.1) is 11.3 Å². The third kappa shape index (κ3) is 5.20. The van der Waals surface area contributed by atoms with E-state index in [0.717, 1.165) is 24.2 Å². The van der Waals surface area contributed by atoms with Crippen LogP contribution in [0.2, 0.25) is 0 Å². The zero-order valence-corrected chi connectivity index (χ0v) is 18.7. The molecule has 1 aromatic carbocycles. The Morgan fingerprint density at radius 2 is 1.90 bits per heavy atom. The number of thiophene rings is 1. The molecular formula is C25H27NO3S. The topological polar surface area (TPSA) is 57.6 Å². The van der Waals surface area contributed by atoms with Crippen LogP contribution in [0.5, 0.6) is 0 Å². The highest BCUT2D eigenvalue weighted by molar-refractivity contribution is 7.15. The van der Waals surface area contributed by atoms with Crippen molar-refractivity contribution in [3.8, 4) is 11.8 Å². The number of rotatable bonds is 4. The van der Waals surface area contributed by atoms with Gasteiger partial charge < -0.3 is 5.11 Å². The van der Waals surface area contributed by atoms with Gasteiger partial charge in [-0.2, -0.15) is 0 Å². The molecular weight excluding hydrogens is 394 g/mol. The molecule has 3 rings (SSSR count). The Labute approximate surface area is 182 Å². The Hall–Kier alpha value is -2.84. The van der Waals surface area contributed by atoms with Gasteiger partial charge in [-0.3, -0.25) is 9.69 Å². The van der Waals surface area contributed by atoms with Crippen LogP contribution in [0.3, 0.4) is 0 Å². The van der Waals surface area contributed by atoms with Crippen LogP contribution in [0.15, 0.2) is 48.0 Å². The van der Waals surface area contributed by atoms with Crippen molar-refractivity contribution < 1.29 is 14.7 Å². The molecule has 0 fully saturated rings. The number of anilines is 2. The van der Waals surface area contributed by atoms with Crippen molar-refractivity contribution in [1.82, 2.24) is 0 Å². The largest absolute Gasteiger partial charge is 0.477 e. The molecule has 156 valence electrons. The number of carbonyl (C=O) groups excluding carboxylic acids is 1. The molecule has 1 unspecified atom stereocenters. The molecule has 30 heavy (non-hydrogen) atoms. The first kappa shape index (κ1) is 21.9. The van der Waals surface area contributed by atoms with Gasteiger partial charge in [0.2, 0.25) is 5.91 Å². The molecule has 1 aliphatic carbocycles. The Bertz CT molecular complexity index is 1030. The quantitative estimate of drug-likeness (QED) is 0.468. The minimum atomic E-state index is -1.05. The fourth-order valence-corrected chi connectivity index (χ4v) is 4.18. The predicted molar refractivity (Wildman–Crippen MR) is 122 cm³/mol. The Morgan fingerprint density at radius 3 is 2.47 bits per heavy atom. The SMILES string of the molecule is CC1=CCC(C(=O)N(c2ccccc2)c2cc(C#CC(C)(C)C)sc2C(=O)O)CC1. The molecule has 5 heteroatoms. The lowest BCUT2D eigenvalue weighted by atomic mass is 9.89. The molecule has 1 atom stereocenters. The van der Waals surface area contributed by atoms with Gasteiger partial charge in [-0.1, -0.05) is 41.7 Å².